The van der Waals surface area contributed by atoms with Gasteiger partial charge in [-0.25, -0.2) is 0 Å². The lowest BCUT2D eigenvalue weighted by molar-refractivity contribution is -0.300. The number of hydrogen-bond acceptors (Lipinski definition) is 13. The first-order valence-electron chi connectivity index (χ1n) is 18.6. The summed E-state index contributed by atoms with van der Waals surface area (Å²) < 4.78 is 36.0. The second-order valence-electron chi connectivity index (χ2n) is 15.1. The van der Waals surface area contributed by atoms with Crippen LogP contribution in [0, 0.1) is 23.7 Å². The summed E-state index contributed by atoms with van der Waals surface area (Å²) in [6.07, 6.45) is -2.64. The molecule has 0 aromatic rings. The van der Waals surface area contributed by atoms with E-state index in [9.17, 15) is 30.0 Å². The quantitative estimate of drug-likeness (QED) is 0.256. The Hall–Kier alpha value is -1.78. The van der Waals surface area contributed by atoms with Crippen molar-refractivity contribution in [2.75, 3.05) is 27.8 Å². The largest absolute Gasteiger partial charge is 0.462 e. The zero-order chi connectivity index (χ0) is 38.2. The summed E-state index contributed by atoms with van der Waals surface area (Å²) in [7, 11) is 5.19. The summed E-state index contributed by atoms with van der Waals surface area (Å²) in [5, 5.41) is 43.7. The van der Waals surface area contributed by atoms with Crippen molar-refractivity contribution in [3.63, 3.8) is 0 Å². The van der Waals surface area contributed by atoms with E-state index in [0.29, 0.717) is 25.7 Å². The highest BCUT2D eigenvalue weighted by Gasteiger charge is 2.45. The van der Waals surface area contributed by atoms with Crippen molar-refractivity contribution in [1.29, 1.82) is 0 Å². The van der Waals surface area contributed by atoms with Crippen LogP contribution < -0.4 is 0 Å². The maximum Gasteiger partial charge on any atom is 0.308 e. The zero-order valence-electron chi connectivity index (χ0n) is 32.2. The molecule has 3 aliphatic rings. The van der Waals surface area contributed by atoms with Crippen LogP contribution in [0.4, 0.5) is 0 Å². The van der Waals surface area contributed by atoms with Gasteiger partial charge in [0.2, 0.25) is 0 Å². The van der Waals surface area contributed by atoms with E-state index in [-0.39, 0.29) is 42.8 Å². The van der Waals surface area contributed by atoms with Crippen LogP contribution in [0.5, 0.6) is 0 Å². The SMILES string of the molecule is CC[C@H]1C[C@@H](C)C(=O)/C=C/C(C)=C/[C@H](COC2OC(C)C(O)C(O)C2OC)[C@H](CC)OC(=O)C[C@@H](O)[C@H](C)[C@H]1OC1OC(C)CC(N(C)C)C1O. The fraction of sp³-hybridized carbons (Fsp3) is 0.842. The molecular formula is C38H65NO12. The first kappa shape index (κ1) is 43.6. The number of nitrogens with zero attached hydrogens (tertiary/aromatic N) is 1. The summed E-state index contributed by atoms with van der Waals surface area (Å²) in [6.45, 7) is 13.0. The molecule has 0 aliphatic carbocycles. The van der Waals surface area contributed by atoms with Crippen molar-refractivity contribution in [2.24, 2.45) is 23.7 Å². The average Bonchev–Trinajstić information content (AvgIpc) is 3.08. The predicted molar refractivity (Wildman–Crippen MR) is 189 cm³/mol. The molecule has 51 heavy (non-hydrogen) atoms. The highest BCUT2D eigenvalue weighted by molar-refractivity contribution is 5.91. The van der Waals surface area contributed by atoms with Crippen molar-refractivity contribution in [2.45, 2.75) is 154 Å². The molecule has 0 aromatic heterocycles. The van der Waals surface area contributed by atoms with Crippen LogP contribution in [0.2, 0.25) is 0 Å². The van der Waals surface area contributed by atoms with Gasteiger partial charge in [0.25, 0.3) is 0 Å². The Kier molecular flexibility index (Phi) is 17.2. The standard InChI is InChI=1S/C38H65NO12/c1-11-25-16-21(4)28(40)14-13-20(3)15-26(19-47-38-36(46-10)34(45)32(43)24(7)49-38)30(12-2)50-31(42)18-29(41)23(6)35(25)51-37-33(44)27(39(8)9)17-22(5)48-37/h13-15,21-27,29-30,32-38,41,43-45H,11-12,16-19H2,1-10H3/b14-13+,20-15+/t21-,22?,23+,24?,25+,26-,27?,29-,30+,32?,33?,34?,35-,36?,37?,38?/m1/s1. The molecule has 3 heterocycles. The third-order valence-electron chi connectivity index (χ3n) is 10.9. The van der Waals surface area contributed by atoms with Crippen LogP contribution in [-0.4, -0.2) is 138 Å². The Bertz CT molecular complexity index is 1160. The fourth-order valence-corrected chi connectivity index (χ4v) is 7.47. The number of ether oxygens (including phenoxy) is 6. The molecule has 3 aliphatic heterocycles. The first-order chi connectivity index (χ1) is 24.0. The molecule has 0 spiro atoms. The summed E-state index contributed by atoms with van der Waals surface area (Å²) in [5.41, 5.74) is 0.748. The lowest BCUT2D eigenvalue weighted by Gasteiger charge is -2.44. The van der Waals surface area contributed by atoms with Gasteiger partial charge in [-0.3, -0.25) is 9.59 Å². The summed E-state index contributed by atoms with van der Waals surface area (Å²) in [4.78, 5) is 28.9. The maximum absolute atomic E-state index is 13.5. The van der Waals surface area contributed by atoms with Gasteiger partial charge in [0.15, 0.2) is 18.4 Å². The molecular weight excluding hydrogens is 662 g/mol. The molecule has 13 heteroatoms. The molecule has 2 saturated heterocycles. The van der Waals surface area contributed by atoms with Gasteiger partial charge in [0.05, 0.1) is 37.4 Å². The number of carbonyl (C=O) groups excluding carboxylic acids is 2. The minimum Gasteiger partial charge on any atom is -0.462 e. The van der Waals surface area contributed by atoms with Crippen LogP contribution >= 0.6 is 0 Å². The van der Waals surface area contributed by atoms with Crippen molar-refractivity contribution >= 4 is 11.8 Å². The number of ketones is 1. The Morgan fingerprint density at radius 2 is 1.57 bits per heavy atom. The molecule has 0 aromatic carbocycles. The van der Waals surface area contributed by atoms with Crippen LogP contribution in [-0.2, 0) is 38.0 Å². The van der Waals surface area contributed by atoms with Crippen molar-refractivity contribution in [3.05, 3.63) is 23.8 Å². The van der Waals surface area contributed by atoms with Gasteiger partial charge in [0.1, 0.15) is 30.5 Å². The number of rotatable bonds is 9. The Balaban J connectivity index is 1.92. The molecule has 0 radical (unpaired) electrons. The summed E-state index contributed by atoms with van der Waals surface area (Å²) in [6, 6.07) is -0.199. The molecule has 2 fully saturated rings. The zero-order valence-corrected chi connectivity index (χ0v) is 32.2. The highest BCUT2D eigenvalue weighted by atomic mass is 16.7. The maximum atomic E-state index is 13.5. The number of aliphatic hydroxyl groups excluding tert-OH is 4. The van der Waals surface area contributed by atoms with Crippen LogP contribution in [0.1, 0.15) is 80.6 Å². The second-order valence-corrected chi connectivity index (χ2v) is 15.1. The van der Waals surface area contributed by atoms with Crippen molar-refractivity contribution < 1.29 is 58.4 Å². The number of cyclic esters (lactones) is 1. The smallest absolute Gasteiger partial charge is 0.308 e. The molecule has 294 valence electrons. The van der Waals surface area contributed by atoms with E-state index in [1.165, 1.54) is 7.11 Å². The van der Waals surface area contributed by atoms with Crippen LogP contribution in [0.15, 0.2) is 23.8 Å². The molecule has 16 atom stereocenters. The van der Waals surface area contributed by atoms with E-state index in [2.05, 4.69) is 0 Å². The molecule has 0 amide bonds. The molecule has 4 N–H and O–H groups in total. The van der Waals surface area contributed by atoms with Crippen LogP contribution in [0.25, 0.3) is 0 Å². The van der Waals surface area contributed by atoms with Crippen molar-refractivity contribution in [1.82, 2.24) is 4.90 Å². The minimum atomic E-state index is -1.23. The average molecular weight is 728 g/mol. The van der Waals surface area contributed by atoms with E-state index in [1.807, 2.05) is 66.6 Å². The number of allylic oxidation sites excluding steroid dienone is 3. The molecule has 9 unspecified atom stereocenters. The number of likely N-dealkylation sites (N-methyl/N-ethyl adjacent to an activating group) is 1. The predicted octanol–water partition coefficient (Wildman–Crippen LogP) is 2.76. The lowest BCUT2D eigenvalue weighted by atomic mass is 9.80. The summed E-state index contributed by atoms with van der Waals surface area (Å²) in [5.74, 6) is -2.32. The van der Waals surface area contributed by atoms with Gasteiger partial charge in [-0.15, -0.1) is 0 Å². The number of methoxy groups -OCH3 is 1. The van der Waals surface area contributed by atoms with Crippen LogP contribution in [0.3, 0.4) is 0 Å². The summed E-state index contributed by atoms with van der Waals surface area (Å²) >= 11 is 0. The fourth-order valence-electron chi connectivity index (χ4n) is 7.47. The first-order valence-corrected chi connectivity index (χ1v) is 18.6. The van der Waals surface area contributed by atoms with E-state index < -0.39 is 79.2 Å². The Labute approximate surface area is 304 Å². The topological polar surface area (TPSA) is 174 Å². The van der Waals surface area contributed by atoms with E-state index in [4.69, 9.17) is 28.4 Å². The number of esters is 1. The highest BCUT2D eigenvalue weighted by Crippen LogP contribution is 2.34. The number of hydrogen-bond donors (Lipinski definition) is 4. The third-order valence-corrected chi connectivity index (χ3v) is 10.9. The Morgan fingerprint density at radius 3 is 2.18 bits per heavy atom. The van der Waals surface area contributed by atoms with Crippen molar-refractivity contribution in [3.8, 4) is 0 Å². The van der Waals surface area contributed by atoms with Gasteiger partial charge in [-0.2, -0.15) is 0 Å². The third kappa shape index (κ3) is 11.6. The number of aliphatic hydroxyl groups is 4. The van der Waals surface area contributed by atoms with E-state index in [0.717, 1.165) is 5.57 Å². The van der Waals surface area contributed by atoms with Gasteiger partial charge < -0.3 is 53.7 Å². The van der Waals surface area contributed by atoms with Gasteiger partial charge in [-0.05, 0) is 66.1 Å². The minimum absolute atomic E-state index is 0.00447. The normalized spacial score (nSPS) is 44.1. The van der Waals surface area contributed by atoms with E-state index >= 15 is 0 Å². The van der Waals surface area contributed by atoms with Gasteiger partial charge in [-0.1, -0.05) is 51.8 Å². The van der Waals surface area contributed by atoms with Gasteiger partial charge in [0, 0.05) is 30.9 Å². The lowest BCUT2D eigenvalue weighted by Crippen LogP contribution is -2.58. The Morgan fingerprint density at radius 1 is 0.882 bits per heavy atom. The molecule has 0 saturated carbocycles. The number of carbonyl (C=O) groups is 2. The monoisotopic (exact) mass is 727 g/mol. The van der Waals surface area contributed by atoms with Gasteiger partial charge >= 0.3 is 5.97 Å². The molecule has 13 nitrogen and oxygen atoms in total. The molecule has 3 rings (SSSR count). The van der Waals surface area contributed by atoms with E-state index in [1.54, 1.807) is 19.1 Å². The second kappa shape index (κ2) is 20.1. The molecule has 0 bridgehead atoms.